The summed E-state index contributed by atoms with van der Waals surface area (Å²) in [6.45, 7) is 5.15. The monoisotopic (exact) mass is 614 g/mol. The molecule has 1 fully saturated rings. The molecule has 3 rings (SSSR count). The van der Waals surface area contributed by atoms with Gasteiger partial charge in [0.05, 0.1) is 16.4 Å². The van der Waals surface area contributed by atoms with E-state index in [0.29, 0.717) is 11.1 Å². The molecule has 234 valence electrons. The van der Waals surface area contributed by atoms with Gasteiger partial charge in [-0.25, -0.2) is 14.4 Å². The van der Waals surface area contributed by atoms with Gasteiger partial charge in [0.25, 0.3) is 11.4 Å². The van der Waals surface area contributed by atoms with E-state index in [1.165, 1.54) is 48.5 Å². The summed E-state index contributed by atoms with van der Waals surface area (Å²) in [6, 6.07) is 9.41. The molecule has 16 nitrogen and oxygen atoms in total. The number of benzene rings is 2. The van der Waals surface area contributed by atoms with Gasteiger partial charge in [-0.1, -0.05) is 5.16 Å². The fourth-order valence-corrected chi connectivity index (χ4v) is 3.90. The number of non-ortho nitro benzene ring substituents is 2. The molecule has 0 aromatic heterocycles. The van der Waals surface area contributed by atoms with E-state index in [4.69, 9.17) is 19.0 Å². The number of nitrogens with zero attached hydrogens (tertiary/aromatic N) is 4. The number of hydrogen-bond donors (Lipinski definition) is 0. The Morgan fingerprint density at radius 2 is 1.39 bits per heavy atom. The number of hydrogen-bond acceptors (Lipinski definition) is 13. The number of esters is 2. The summed E-state index contributed by atoms with van der Waals surface area (Å²) in [7, 11) is 0. The average Bonchev–Trinajstić information content (AvgIpc) is 3.38. The number of oxime groups is 1. The Hall–Kier alpha value is -5.41. The van der Waals surface area contributed by atoms with Gasteiger partial charge in [0.1, 0.15) is 31.0 Å². The highest BCUT2D eigenvalue weighted by molar-refractivity contribution is 6.63. The van der Waals surface area contributed by atoms with Crippen molar-refractivity contribution < 1.29 is 48.1 Å². The van der Waals surface area contributed by atoms with E-state index in [-0.39, 0.29) is 37.6 Å². The number of carbonyl (C=O) groups excluding carboxylic acids is 4. The molecule has 0 bridgehead atoms. The lowest BCUT2D eigenvalue weighted by molar-refractivity contribution is -0.385. The first-order valence-electron chi connectivity index (χ1n) is 13.2. The van der Waals surface area contributed by atoms with Crippen LogP contribution in [0.4, 0.5) is 16.2 Å². The number of nitro groups is 2. The molecule has 1 saturated heterocycles. The maximum Gasteiger partial charge on any atom is 0.410 e. The third kappa shape index (κ3) is 9.30. The van der Waals surface area contributed by atoms with Crippen LogP contribution >= 0.6 is 0 Å². The fraction of sp³-hybridized carbons (Fsp3) is 0.393. The SMILES string of the molecule is CC(=O)/C(=N\O[C@H]1C[C@@H](C(=O)OCc2ccc([N+](=O)[O-])cc2)N(C(=O)OCc2ccc([N+](=O)[O-])cc2)C1)C(=O)OC(C)(C)C. The summed E-state index contributed by atoms with van der Waals surface area (Å²) in [5.41, 5.74) is -0.918. The van der Waals surface area contributed by atoms with Crippen LogP contribution in [-0.2, 0) is 46.6 Å². The standard InChI is InChI=1S/C28H30N4O12/c1-17(33)24(26(35)43-28(2,3)4)29-44-22-13-23(25(34)41-15-18-5-9-20(10-6-18)31(37)38)30(14-22)27(36)42-16-19-7-11-21(12-8-19)32(39)40/h5-12,22-23H,13-16H2,1-4H3/b29-24+/t22-,23-/m0/s1. The number of Topliss-reactive ketones (excluding diaryl/α,β-unsaturated/α-hetero) is 1. The molecule has 2 aromatic rings. The minimum atomic E-state index is -1.22. The van der Waals surface area contributed by atoms with Gasteiger partial charge >= 0.3 is 18.0 Å². The number of ether oxygens (including phenoxy) is 3. The predicted molar refractivity (Wildman–Crippen MR) is 150 cm³/mol. The molecule has 1 aliphatic heterocycles. The lowest BCUT2D eigenvalue weighted by atomic mass is 10.2. The van der Waals surface area contributed by atoms with Crippen molar-refractivity contribution in [1.29, 1.82) is 0 Å². The van der Waals surface area contributed by atoms with Crippen molar-refractivity contribution in [3.8, 4) is 0 Å². The average molecular weight is 615 g/mol. The van der Waals surface area contributed by atoms with Crippen molar-refractivity contribution >= 4 is 40.9 Å². The van der Waals surface area contributed by atoms with Gasteiger partial charge in [-0.05, 0) is 56.2 Å². The first-order valence-corrected chi connectivity index (χ1v) is 13.2. The number of likely N-dealkylation sites (tertiary alicyclic amines) is 1. The third-order valence-corrected chi connectivity index (χ3v) is 6.03. The molecule has 2 atom stereocenters. The van der Waals surface area contributed by atoms with Crippen LogP contribution < -0.4 is 0 Å². The van der Waals surface area contributed by atoms with E-state index >= 15 is 0 Å². The van der Waals surface area contributed by atoms with Gasteiger partial charge in [-0.3, -0.25) is 29.9 Å². The van der Waals surface area contributed by atoms with Gasteiger partial charge in [-0.15, -0.1) is 0 Å². The molecular weight excluding hydrogens is 584 g/mol. The Bertz CT molecular complexity index is 1370. The van der Waals surface area contributed by atoms with E-state index in [0.717, 1.165) is 11.8 Å². The van der Waals surface area contributed by atoms with Crippen LogP contribution in [0.5, 0.6) is 0 Å². The van der Waals surface area contributed by atoms with Crippen LogP contribution in [0.3, 0.4) is 0 Å². The van der Waals surface area contributed by atoms with Gasteiger partial charge in [0.15, 0.2) is 5.78 Å². The highest BCUT2D eigenvalue weighted by Gasteiger charge is 2.43. The molecule has 1 amide bonds. The van der Waals surface area contributed by atoms with Crippen molar-refractivity contribution in [1.82, 2.24) is 4.90 Å². The quantitative estimate of drug-likeness (QED) is 0.0888. The fourth-order valence-electron chi connectivity index (χ4n) is 3.90. The molecule has 1 aliphatic rings. The van der Waals surface area contributed by atoms with Crippen molar-refractivity contribution in [3.63, 3.8) is 0 Å². The molecule has 0 spiro atoms. The maximum atomic E-state index is 13.1. The van der Waals surface area contributed by atoms with Crippen LogP contribution in [0.1, 0.15) is 45.2 Å². The molecular formula is C28H30N4O12. The second-order valence-electron chi connectivity index (χ2n) is 10.6. The first-order chi connectivity index (χ1) is 20.6. The highest BCUT2D eigenvalue weighted by atomic mass is 16.6. The zero-order chi connectivity index (χ0) is 32.6. The molecule has 0 aliphatic carbocycles. The van der Waals surface area contributed by atoms with Crippen molar-refractivity contribution in [2.75, 3.05) is 6.54 Å². The van der Waals surface area contributed by atoms with E-state index < -0.39 is 57.1 Å². The molecule has 16 heteroatoms. The molecule has 0 saturated carbocycles. The second-order valence-corrected chi connectivity index (χ2v) is 10.6. The van der Waals surface area contributed by atoms with E-state index in [1.807, 2.05) is 0 Å². The Labute approximate surface area is 250 Å². The van der Waals surface area contributed by atoms with Gasteiger partial charge in [0, 0.05) is 37.6 Å². The number of nitro benzene ring substituents is 2. The van der Waals surface area contributed by atoms with E-state index in [1.54, 1.807) is 20.8 Å². The lowest BCUT2D eigenvalue weighted by Gasteiger charge is -2.22. The maximum absolute atomic E-state index is 13.1. The Morgan fingerprint density at radius 1 is 0.886 bits per heavy atom. The summed E-state index contributed by atoms with van der Waals surface area (Å²) in [5, 5.41) is 25.4. The van der Waals surface area contributed by atoms with Crippen LogP contribution in [0.2, 0.25) is 0 Å². The summed E-state index contributed by atoms with van der Waals surface area (Å²) in [6.07, 6.45) is -2.04. The van der Waals surface area contributed by atoms with Crippen molar-refractivity contribution in [2.24, 2.45) is 5.16 Å². The number of ketones is 1. The zero-order valence-electron chi connectivity index (χ0n) is 24.3. The normalized spacial score (nSPS) is 16.5. The summed E-state index contributed by atoms with van der Waals surface area (Å²) < 4.78 is 15.9. The Kier molecular flexibility index (Phi) is 10.7. The molecule has 2 aromatic carbocycles. The van der Waals surface area contributed by atoms with Crippen LogP contribution in [0, 0.1) is 20.2 Å². The molecule has 0 N–H and O–H groups in total. The number of rotatable bonds is 11. The van der Waals surface area contributed by atoms with Crippen LogP contribution in [0.25, 0.3) is 0 Å². The summed E-state index contributed by atoms with van der Waals surface area (Å²) in [4.78, 5) is 77.6. The number of carbonyl (C=O) groups is 4. The summed E-state index contributed by atoms with van der Waals surface area (Å²) in [5.74, 6) is -2.58. The minimum Gasteiger partial charge on any atom is -0.459 e. The molecule has 1 heterocycles. The highest BCUT2D eigenvalue weighted by Crippen LogP contribution is 2.25. The van der Waals surface area contributed by atoms with Crippen molar-refractivity contribution in [2.45, 2.75) is 65.1 Å². The van der Waals surface area contributed by atoms with Crippen LogP contribution in [0.15, 0.2) is 53.7 Å². The lowest BCUT2D eigenvalue weighted by Crippen LogP contribution is -2.41. The predicted octanol–water partition coefficient (Wildman–Crippen LogP) is 3.63. The topological polar surface area (TPSA) is 207 Å². The van der Waals surface area contributed by atoms with Gasteiger partial charge in [-0.2, -0.15) is 0 Å². The Morgan fingerprint density at radius 3 is 1.84 bits per heavy atom. The third-order valence-electron chi connectivity index (χ3n) is 6.03. The van der Waals surface area contributed by atoms with E-state index in [9.17, 15) is 39.4 Å². The van der Waals surface area contributed by atoms with Crippen molar-refractivity contribution in [3.05, 3.63) is 79.9 Å². The van der Waals surface area contributed by atoms with Gasteiger partial charge in [0.2, 0.25) is 5.71 Å². The smallest absolute Gasteiger partial charge is 0.410 e. The minimum absolute atomic E-state index is 0.144. The van der Waals surface area contributed by atoms with Gasteiger partial charge < -0.3 is 19.0 Å². The molecule has 0 unspecified atom stereocenters. The molecule has 0 radical (unpaired) electrons. The largest absolute Gasteiger partial charge is 0.459 e. The molecule has 44 heavy (non-hydrogen) atoms. The zero-order valence-corrected chi connectivity index (χ0v) is 24.3. The summed E-state index contributed by atoms with van der Waals surface area (Å²) >= 11 is 0. The second kappa shape index (κ2) is 14.2. The van der Waals surface area contributed by atoms with Crippen LogP contribution in [-0.4, -0.2) is 68.6 Å². The Balaban J connectivity index is 1.74. The first kappa shape index (κ1) is 33.1. The number of amides is 1. The van der Waals surface area contributed by atoms with E-state index in [2.05, 4.69) is 5.16 Å².